The molecule has 0 bridgehead atoms. The van der Waals surface area contributed by atoms with E-state index in [2.05, 4.69) is 12.2 Å². The third-order valence-corrected chi connectivity index (χ3v) is 5.03. The highest BCUT2D eigenvalue weighted by atomic mass is 35.5. The number of hydrogen-bond donors (Lipinski definition) is 1. The van der Waals surface area contributed by atoms with Crippen molar-refractivity contribution in [2.24, 2.45) is 0 Å². The summed E-state index contributed by atoms with van der Waals surface area (Å²) in [6.45, 7) is 3.09. The lowest BCUT2D eigenvalue weighted by Gasteiger charge is -2.46. The van der Waals surface area contributed by atoms with Gasteiger partial charge in [-0.1, -0.05) is 18.5 Å². The molecule has 1 aromatic rings. The van der Waals surface area contributed by atoms with Gasteiger partial charge in [-0.3, -0.25) is 0 Å². The van der Waals surface area contributed by atoms with E-state index in [1.807, 2.05) is 25.3 Å². The summed E-state index contributed by atoms with van der Waals surface area (Å²) < 4.78 is 12.0. The number of fused-ring (bicyclic) bond motifs is 1. The number of ether oxygens (including phenoxy) is 2. The Labute approximate surface area is 132 Å². The summed E-state index contributed by atoms with van der Waals surface area (Å²) in [5, 5.41) is 4.37. The average molecular weight is 310 g/mol. The quantitative estimate of drug-likeness (QED) is 0.912. The van der Waals surface area contributed by atoms with Crippen molar-refractivity contribution in [1.29, 1.82) is 0 Å². The molecule has 1 aliphatic carbocycles. The molecule has 0 aromatic heterocycles. The zero-order valence-electron chi connectivity index (χ0n) is 12.8. The Kier molecular flexibility index (Phi) is 4.43. The van der Waals surface area contributed by atoms with Crippen LogP contribution in [-0.4, -0.2) is 25.4 Å². The molecule has 4 heteroatoms. The van der Waals surface area contributed by atoms with Crippen molar-refractivity contribution in [3.05, 3.63) is 28.8 Å². The molecule has 116 valence electrons. The van der Waals surface area contributed by atoms with Gasteiger partial charge in [-0.2, -0.15) is 0 Å². The maximum absolute atomic E-state index is 6.45. The van der Waals surface area contributed by atoms with Gasteiger partial charge in [-0.25, -0.2) is 0 Å². The third kappa shape index (κ3) is 3.05. The van der Waals surface area contributed by atoms with Gasteiger partial charge in [-0.15, -0.1) is 0 Å². The van der Waals surface area contributed by atoms with E-state index in [0.717, 1.165) is 43.0 Å². The molecule has 0 amide bonds. The second kappa shape index (κ2) is 6.15. The zero-order chi connectivity index (χ0) is 14.9. The summed E-state index contributed by atoms with van der Waals surface area (Å²) >= 11 is 6.16. The molecule has 1 aliphatic heterocycles. The van der Waals surface area contributed by atoms with Crippen LogP contribution in [0.25, 0.3) is 0 Å². The molecule has 1 spiro atoms. The Hall–Kier alpha value is -0.770. The van der Waals surface area contributed by atoms with Gasteiger partial charge in [0.05, 0.1) is 6.10 Å². The molecule has 0 radical (unpaired) electrons. The number of benzene rings is 1. The third-order valence-electron chi connectivity index (χ3n) is 4.79. The lowest BCUT2D eigenvalue weighted by Crippen LogP contribution is -2.48. The van der Waals surface area contributed by atoms with Crippen molar-refractivity contribution in [3.63, 3.8) is 0 Å². The Morgan fingerprint density at radius 3 is 3.05 bits per heavy atom. The molecule has 3 atom stereocenters. The van der Waals surface area contributed by atoms with Crippen molar-refractivity contribution in [1.82, 2.24) is 5.32 Å². The van der Waals surface area contributed by atoms with Crippen LogP contribution < -0.4 is 10.1 Å². The van der Waals surface area contributed by atoms with E-state index in [1.54, 1.807) is 0 Å². The fraction of sp³-hybridized carbons (Fsp3) is 0.647. The van der Waals surface area contributed by atoms with Crippen LogP contribution in [0.1, 0.15) is 50.6 Å². The van der Waals surface area contributed by atoms with Gasteiger partial charge in [0, 0.05) is 36.6 Å². The zero-order valence-corrected chi connectivity index (χ0v) is 13.6. The highest BCUT2D eigenvalue weighted by Crippen LogP contribution is 2.47. The summed E-state index contributed by atoms with van der Waals surface area (Å²) in [6, 6.07) is 6.28. The summed E-state index contributed by atoms with van der Waals surface area (Å²) in [5.74, 6) is 0.980. The monoisotopic (exact) mass is 309 g/mol. The van der Waals surface area contributed by atoms with Gasteiger partial charge in [0.15, 0.2) is 0 Å². The van der Waals surface area contributed by atoms with Gasteiger partial charge < -0.3 is 14.8 Å². The average Bonchev–Trinajstić information content (AvgIpc) is 2.48. The molecule has 1 fully saturated rings. The molecule has 3 nitrogen and oxygen atoms in total. The molecule has 1 heterocycles. The van der Waals surface area contributed by atoms with Crippen LogP contribution in [0.15, 0.2) is 18.2 Å². The topological polar surface area (TPSA) is 30.5 Å². The van der Waals surface area contributed by atoms with Gasteiger partial charge in [0.25, 0.3) is 0 Å². The van der Waals surface area contributed by atoms with Gasteiger partial charge in [0.2, 0.25) is 0 Å². The molecular formula is C17H24ClNO2. The van der Waals surface area contributed by atoms with Gasteiger partial charge in [-0.05, 0) is 44.0 Å². The van der Waals surface area contributed by atoms with Crippen molar-refractivity contribution in [3.8, 4) is 5.75 Å². The van der Waals surface area contributed by atoms with Crippen molar-refractivity contribution in [2.45, 2.75) is 56.8 Å². The summed E-state index contributed by atoms with van der Waals surface area (Å²) in [6.07, 6.45) is 5.70. The molecule has 3 unspecified atom stereocenters. The van der Waals surface area contributed by atoms with Crippen LogP contribution in [0, 0.1) is 0 Å². The maximum Gasteiger partial charge on any atom is 0.125 e. The molecule has 1 N–H and O–H groups in total. The van der Waals surface area contributed by atoms with Crippen molar-refractivity contribution < 1.29 is 9.47 Å². The first-order valence-corrected chi connectivity index (χ1v) is 8.28. The minimum Gasteiger partial charge on any atom is -0.487 e. The molecule has 2 aliphatic rings. The van der Waals surface area contributed by atoms with Crippen LogP contribution in [0.3, 0.4) is 0 Å². The lowest BCUT2D eigenvalue weighted by atomic mass is 9.76. The first-order valence-electron chi connectivity index (χ1n) is 7.90. The number of nitrogens with one attached hydrogen (secondary N) is 1. The van der Waals surface area contributed by atoms with Crippen molar-refractivity contribution in [2.75, 3.05) is 13.7 Å². The number of methoxy groups -OCH3 is 1. The van der Waals surface area contributed by atoms with E-state index in [9.17, 15) is 0 Å². The number of hydrogen-bond acceptors (Lipinski definition) is 3. The van der Waals surface area contributed by atoms with Gasteiger partial charge in [0.1, 0.15) is 11.4 Å². The number of halogens is 1. The van der Waals surface area contributed by atoms with Gasteiger partial charge >= 0.3 is 0 Å². The summed E-state index contributed by atoms with van der Waals surface area (Å²) in [7, 11) is 1.81. The fourth-order valence-electron chi connectivity index (χ4n) is 3.82. The summed E-state index contributed by atoms with van der Waals surface area (Å²) in [4.78, 5) is 0. The highest BCUT2D eigenvalue weighted by molar-refractivity contribution is 6.30. The van der Waals surface area contributed by atoms with Crippen molar-refractivity contribution >= 4 is 11.6 Å². The molecule has 1 saturated carbocycles. The fourth-order valence-corrected chi connectivity index (χ4v) is 4.00. The standard InChI is InChI=1S/C17H24ClNO2/c1-3-19-15-11-17(8-4-5-13(10-17)20-2)21-16-7-6-12(18)9-14(15)16/h6-7,9,13,15,19H,3-5,8,10-11H2,1-2H3. The lowest BCUT2D eigenvalue weighted by molar-refractivity contribution is -0.0601. The Balaban J connectivity index is 1.91. The minimum absolute atomic E-state index is 0.0907. The minimum atomic E-state index is -0.0907. The van der Waals surface area contributed by atoms with E-state index < -0.39 is 0 Å². The van der Waals surface area contributed by atoms with Crippen LogP contribution >= 0.6 is 11.6 Å². The molecular weight excluding hydrogens is 286 g/mol. The molecule has 3 rings (SSSR count). The van der Waals surface area contributed by atoms with Crippen LogP contribution in [0.4, 0.5) is 0 Å². The Morgan fingerprint density at radius 1 is 1.43 bits per heavy atom. The maximum atomic E-state index is 6.45. The predicted octanol–water partition coefficient (Wildman–Crippen LogP) is 4.10. The van der Waals surface area contributed by atoms with Crippen LogP contribution in [-0.2, 0) is 4.74 Å². The molecule has 1 aromatic carbocycles. The second-order valence-electron chi connectivity index (χ2n) is 6.24. The van der Waals surface area contributed by atoms with E-state index in [0.29, 0.717) is 12.1 Å². The predicted molar refractivity (Wildman–Crippen MR) is 85.1 cm³/mol. The van der Waals surface area contributed by atoms with E-state index in [1.165, 1.54) is 12.0 Å². The van der Waals surface area contributed by atoms with Crippen LogP contribution in [0.2, 0.25) is 5.02 Å². The normalized spacial score (nSPS) is 31.8. The Morgan fingerprint density at radius 2 is 2.29 bits per heavy atom. The first-order chi connectivity index (χ1) is 10.2. The summed E-state index contributed by atoms with van der Waals surface area (Å²) in [5.41, 5.74) is 1.10. The molecule has 21 heavy (non-hydrogen) atoms. The Bertz CT molecular complexity index is 508. The molecule has 0 saturated heterocycles. The van der Waals surface area contributed by atoms with E-state index >= 15 is 0 Å². The second-order valence-corrected chi connectivity index (χ2v) is 6.67. The largest absolute Gasteiger partial charge is 0.487 e. The van der Waals surface area contributed by atoms with E-state index in [4.69, 9.17) is 21.1 Å². The highest BCUT2D eigenvalue weighted by Gasteiger charge is 2.44. The smallest absolute Gasteiger partial charge is 0.125 e. The first kappa shape index (κ1) is 15.1. The SMILES string of the molecule is CCNC1CC2(CCCC(OC)C2)Oc2ccc(Cl)cc21. The van der Waals surface area contributed by atoms with Crippen LogP contribution in [0.5, 0.6) is 5.75 Å². The van der Waals surface area contributed by atoms with E-state index in [-0.39, 0.29) is 5.60 Å². The number of rotatable bonds is 3.